The van der Waals surface area contributed by atoms with E-state index in [-0.39, 0.29) is 10.9 Å². The van der Waals surface area contributed by atoms with E-state index in [0.29, 0.717) is 27.1 Å². The lowest BCUT2D eigenvalue weighted by atomic mass is 9.88. The minimum atomic E-state index is -0.347. The summed E-state index contributed by atoms with van der Waals surface area (Å²) < 4.78 is 0. The Labute approximate surface area is 148 Å². The molecule has 3 rings (SSSR count). The Hall–Kier alpha value is -1.54. The van der Waals surface area contributed by atoms with Gasteiger partial charge in [-0.05, 0) is 42.9 Å². The lowest BCUT2D eigenvalue weighted by Crippen LogP contribution is -2.12. The van der Waals surface area contributed by atoms with Crippen LogP contribution in [0.1, 0.15) is 39.7 Å². The van der Waals surface area contributed by atoms with Crippen molar-refractivity contribution in [3.8, 4) is 6.07 Å². The van der Waals surface area contributed by atoms with Gasteiger partial charge in [-0.15, -0.1) is 11.3 Å². The highest BCUT2D eigenvalue weighted by atomic mass is 35.5. The molecule has 0 saturated carbocycles. The van der Waals surface area contributed by atoms with Crippen LogP contribution in [0.2, 0.25) is 10.0 Å². The zero-order chi connectivity index (χ0) is 16.6. The molecule has 1 aliphatic rings. The van der Waals surface area contributed by atoms with Gasteiger partial charge in [-0.1, -0.05) is 36.2 Å². The molecule has 0 unspecified atom stereocenters. The van der Waals surface area contributed by atoms with Crippen molar-refractivity contribution >= 4 is 45.4 Å². The van der Waals surface area contributed by atoms with Crippen LogP contribution in [0, 0.1) is 17.2 Å². The molecule has 1 heterocycles. The number of carbonyl (C=O) groups is 1. The van der Waals surface area contributed by atoms with Crippen LogP contribution in [-0.2, 0) is 12.8 Å². The number of amides is 1. The van der Waals surface area contributed by atoms with E-state index in [2.05, 4.69) is 18.3 Å². The van der Waals surface area contributed by atoms with E-state index in [1.807, 2.05) is 0 Å². The van der Waals surface area contributed by atoms with Gasteiger partial charge in [0, 0.05) is 4.88 Å². The number of nitrogens with one attached hydrogen (secondary N) is 1. The first-order chi connectivity index (χ1) is 11.0. The zero-order valence-corrected chi connectivity index (χ0v) is 14.8. The molecule has 0 saturated heterocycles. The lowest BCUT2D eigenvalue weighted by molar-refractivity contribution is 0.102. The molecule has 0 bridgehead atoms. The number of hydrogen-bond acceptors (Lipinski definition) is 3. The second-order valence-electron chi connectivity index (χ2n) is 5.72. The first-order valence-electron chi connectivity index (χ1n) is 7.31. The molecule has 2 aromatic rings. The maximum absolute atomic E-state index is 12.5. The number of carbonyl (C=O) groups excluding carboxylic acids is 1. The van der Waals surface area contributed by atoms with Gasteiger partial charge < -0.3 is 5.32 Å². The SMILES string of the molecule is C[C@H]1CCc2c(sc(NC(=O)c3cccc(Cl)c3Cl)c2C#N)C1. The van der Waals surface area contributed by atoms with E-state index in [1.165, 1.54) is 16.2 Å². The maximum atomic E-state index is 12.5. The van der Waals surface area contributed by atoms with Crippen molar-refractivity contribution in [2.75, 3.05) is 5.32 Å². The van der Waals surface area contributed by atoms with Crippen molar-refractivity contribution in [1.29, 1.82) is 5.26 Å². The number of rotatable bonds is 2. The van der Waals surface area contributed by atoms with Gasteiger partial charge in [0.15, 0.2) is 0 Å². The highest BCUT2D eigenvalue weighted by molar-refractivity contribution is 7.16. The largest absolute Gasteiger partial charge is 0.312 e. The molecule has 1 amide bonds. The number of hydrogen-bond donors (Lipinski definition) is 1. The Balaban J connectivity index is 1.93. The minimum Gasteiger partial charge on any atom is -0.312 e. The number of nitriles is 1. The molecule has 0 radical (unpaired) electrons. The Morgan fingerprint density at radius 2 is 2.22 bits per heavy atom. The Morgan fingerprint density at radius 1 is 1.43 bits per heavy atom. The van der Waals surface area contributed by atoms with Crippen LogP contribution in [0.3, 0.4) is 0 Å². The predicted octanol–water partition coefficient (Wildman–Crippen LogP) is 5.30. The molecule has 23 heavy (non-hydrogen) atoms. The van der Waals surface area contributed by atoms with Crippen LogP contribution in [0.25, 0.3) is 0 Å². The van der Waals surface area contributed by atoms with Gasteiger partial charge in [0.1, 0.15) is 11.1 Å². The molecule has 1 N–H and O–H groups in total. The van der Waals surface area contributed by atoms with Gasteiger partial charge >= 0.3 is 0 Å². The second kappa shape index (κ2) is 6.52. The monoisotopic (exact) mass is 364 g/mol. The predicted molar refractivity (Wildman–Crippen MR) is 94.6 cm³/mol. The van der Waals surface area contributed by atoms with E-state index in [4.69, 9.17) is 23.2 Å². The molecule has 1 aliphatic carbocycles. The smallest absolute Gasteiger partial charge is 0.257 e. The third-order valence-corrected chi connectivity index (χ3v) is 6.04. The summed E-state index contributed by atoms with van der Waals surface area (Å²) in [6.45, 7) is 2.21. The Morgan fingerprint density at radius 3 is 2.96 bits per heavy atom. The van der Waals surface area contributed by atoms with Gasteiger partial charge in [-0.25, -0.2) is 0 Å². The van der Waals surface area contributed by atoms with Crippen LogP contribution in [-0.4, -0.2) is 5.91 Å². The molecular weight excluding hydrogens is 351 g/mol. The summed E-state index contributed by atoms with van der Waals surface area (Å²) in [7, 11) is 0. The topological polar surface area (TPSA) is 52.9 Å². The van der Waals surface area contributed by atoms with Gasteiger partial charge in [-0.2, -0.15) is 5.26 Å². The Kier molecular flexibility index (Phi) is 4.63. The molecular formula is C17H14Cl2N2OS. The summed E-state index contributed by atoms with van der Waals surface area (Å²) in [6, 6.07) is 7.16. The van der Waals surface area contributed by atoms with E-state index in [0.717, 1.165) is 24.8 Å². The van der Waals surface area contributed by atoms with Crippen LogP contribution in [0.5, 0.6) is 0 Å². The van der Waals surface area contributed by atoms with Crippen molar-refractivity contribution in [3.05, 3.63) is 49.8 Å². The fourth-order valence-corrected chi connectivity index (χ4v) is 4.55. The zero-order valence-electron chi connectivity index (χ0n) is 12.5. The molecule has 0 aliphatic heterocycles. The standard InChI is InChI=1S/C17H14Cl2N2OS/c1-9-5-6-10-12(8-20)17(23-14(10)7-9)21-16(22)11-3-2-4-13(18)15(11)19/h2-4,9H,5-7H2,1H3,(H,21,22)/t9-/m0/s1. The number of halogens is 2. The van der Waals surface area contributed by atoms with E-state index >= 15 is 0 Å². The summed E-state index contributed by atoms with van der Waals surface area (Å²) in [5.41, 5.74) is 1.98. The van der Waals surface area contributed by atoms with Crippen LogP contribution in [0.15, 0.2) is 18.2 Å². The van der Waals surface area contributed by atoms with Crippen LogP contribution < -0.4 is 5.32 Å². The fraction of sp³-hybridized carbons (Fsp3) is 0.294. The second-order valence-corrected chi connectivity index (χ2v) is 7.61. The van der Waals surface area contributed by atoms with E-state index < -0.39 is 0 Å². The molecule has 0 fully saturated rings. The molecule has 6 heteroatoms. The minimum absolute atomic E-state index is 0.222. The van der Waals surface area contributed by atoms with Gasteiger partial charge in [0.25, 0.3) is 5.91 Å². The summed E-state index contributed by atoms with van der Waals surface area (Å²) >= 11 is 13.5. The van der Waals surface area contributed by atoms with E-state index in [1.54, 1.807) is 18.2 Å². The first kappa shape index (κ1) is 16.3. The van der Waals surface area contributed by atoms with Crippen molar-refractivity contribution in [1.82, 2.24) is 0 Å². The molecule has 118 valence electrons. The Bertz CT molecular complexity index is 823. The number of fused-ring (bicyclic) bond motifs is 1. The average molecular weight is 365 g/mol. The number of nitrogens with zero attached hydrogens (tertiary/aromatic N) is 1. The van der Waals surface area contributed by atoms with Gasteiger partial charge in [-0.3, -0.25) is 4.79 Å². The van der Waals surface area contributed by atoms with Crippen LogP contribution in [0.4, 0.5) is 5.00 Å². The highest BCUT2D eigenvalue weighted by Gasteiger charge is 2.25. The maximum Gasteiger partial charge on any atom is 0.257 e. The normalized spacial score (nSPS) is 16.5. The molecule has 1 atom stereocenters. The molecule has 1 aromatic heterocycles. The van der Waals surface area contributed by atoms with Crippen molar-refractivity contribution in [3.63, 3.8) is 0 Å². The summed E-state index contributed by atoms with van der Waals surface area (Å²) in [5.74, 6) is 0.263. The highest BCUT2D eigenvalue weighted by Crippen LogP contribution is 2.39. The number of anilines is 1. The molecule has 3 nitrogen and oxygen atoms in total. The third-order valence-electron chi connectivity index (χ3n) is 4.05. The molecule has 1 aromatic carbocycles. The quantitative estimate of drug-likeness (QED) is 0.785. The lowest BCUT2D eigenvalue weighted by Gasteiger charge is -2.17. The van der Waals surface area contributed by atoms with Gasteiger partial charge in [0.05, 0.1) is 21.2 Å². The average Bonchev–Trinajstić information content (AvgIpc) is 2.85. The number of benzene rings is 1. The van der Waals surface area contributed by atoms with Crippen molar-refractivity contribution < 1.29 is 4.79 Å². The van der Waals surface area contributed by atoms with Crippen LogP contribution >= 0.6 is 34.5 Å². The van der Waals surface area contributed by atoms with Crippen molar-refractivity contribution in [2.45, 2.75) is 26.2 Å². The summed E-state index contributed by atoms with van der Waals surface area (Å²) in [6.07, 6.45) is 2.93. The van der Waals surface area contributed by atoms with Crippen molar-refractivity contribution in [2.24, 2.45) is 5.92 Å². The van der Waals surface area contributed by atoms with Gasteiger partial charge in [0.2, 0.25) is 0 Å². The van der Waals surface area contributed by atoms with E-state index in [9.17, 15) is 10.1 Å². The number of thiophene rings is 1. The summed E-state index contributed by atoms with van der Waals surface area (Å²) in [4.78, 5) is 13.7. The first-order valence-corrected chi connectivity index (χ1v) is 8.88. The third kappa shape index (κ3) is 3.10. The summed E-state index contributed by atoms with van der Waals surface area (Å²) in [5, 5.41) is 13.5. The fourth-order valence-electron chi connectivity index (χ4n) is 2.81. The molecule has 0 spiro atoms.